The third kappa shape index (κ3) is 1.68. The second kappa shape index (κ2) is 3.02. The summed E-state index contributed by atoms with van der Waals surface area (Å²) in [6.07, 6.45) is -0.0137. The lowest BCUT2D eigenvalue weighted by molar-refractivity contribution is 0.472. The van der Waals surface area contributed by atoms with Gasteiger partial charge in [0.2, 0.25) is 0 Å². The van der Waals surface area contributed by atoms with E-state index in [4.69, 9.17) is 10.4 Å². The molecule has 0 aliphatic carbocycles. The van der Waals surface area contributed by atoms with Gasteiger partial charge in [-0.15, -0.1) is 0 Å². The van der Waals surface area contributed by atoms with E-state index in [1.54, 1.807) is 6.07 Å². The van der Waals surface area contributed by atoms with Gasteiger partial charge in [-0.1, -0.05) is 0 Å². The first-order valence-electron chi connectivity index (χ1n) is 3.08. The van der Waals surface area contributed by atoms with Crippen molar-refractivity contribution in [1.82, 2.24) is 0 Å². The van der Waals surface area contributed by atoms with E-state index in [0.717, 1.165) is 6.07 Å². The first-order chi connectivity index (χ1) is 5.24. The maximum atomic E-state index is 12.7. The molecule has 0 atom stereocenters. The summed E-state index contributed by atoms with van der Waals surface area (Å²) in [5.74, 6) is -0.471. The van der Waals surface area contributed by atoms with Crippen LogP contribution >= 0.6 is 0 Å². The number of halogens is 1. The Bertz CT molecular complexity index is 303. The van der Waals surface area contributed by atoms with Gasteiger partial charge in [-0.3, -0.25) is 0 Å². The molecule has 1 N–H and O–H groups in total. The summed E-state index contributed by atoms with van der Waals surface area (Å²) in [5.41, 5.74) is 0.229. The molecule has 0 unspecified atom stereocenters. The first-order valence-corrected chi connectivity index (χ1v) is 3.08. The fourth-order valence-corrected chi connectivity index (χ4v) is 0.782. The van der Waals surface area contributed by atoms with Crippen LogP contribution in [0.25, 0.3) is 0 Å². The number of phenols is 1. The molecule has 3 heteroatoms. The van der Waals surface area contributed by atoms with Crippen molar-refractivity contribution in [3.63, 3.8) is 0 Å². The Morgan fingerprint density at radius 1 is 1.55 bits per heavy atom. The minimum Gasteiger partial charge on any atom is -0.508 e. The molecular weight excluding hydrogens is 145 g/mol. The van der Waals surface area contributed by atoms with Crippen molar-refractivity contribution in [1.29, 1.82) is 5.26 Å². The number of nitriles is 1. The van der Waals surface area contributed by atoms with Gasteiger partial charge in [-0.05, 0) is 18.2 Å². The summed E-state index contributed by atoms with van der Waals surface area (Å²) in [4.78, 5) is 0. The van der Waals surface area contributed by atoms with Crippen molar-refractivity contribution in [2.45, 2.75) is 6.42 Å². The quantitative estimate of drug-likeness (QED) is 0.662. The van der Waals surface area contributed by atoms with Gasteiger partial charge in [0.05, 0.1) is 12.5 Å². The van der Waals surface area contributed by atoms with Crippen molar-refractivity contribution < 1.29 is 9.50 Å². The summed E-state index contributed by atoms with van der Waals surface area (Å²) in [6.45, 7) is 0. The van der Waals surface area contributed by atoms with Gasteiger partial charge in [0.25, 0.3) is 0 Å². The van der Waals surface area contributed by atoms with Crippen LogP contribution in [0.2, 0.25) is 0 Å². The van der Waals surface area contributed by atoms with E-state index in [1.165, 1.54) is 12.1 Å². The summed E-state index contributed by atoms with van der Waals surface area (Å²) < 4.78 is 12.7. The zero-order valence-corrected chi connectivity index (χ0v) is 5.71. The fourth-order valence-electron chi connectivity index (χ4n) is 0.782. The third-order valence-electron chi connectivity index (χ3n) is 1.30. The van der Waals surface area contributed by atoms with Crippen LogP contribution in [0.4, 0.5) is 4.39 Å². The van der Waals surface area contributed by atoms with Gasteiger partial charge in [-0.25, -0.2) is 4.39 Å². The maximum Gasteiger partial charge on any atom is 0.127 e. The van der Waals surface area contributed by atoms with Gasteiger partial charge >= 0.3 is 0 Å². The molecule has 0 radical (unpaired) electrons. The lowest BCUT2D eigenvalue weighted by Crippen LogP contribution is -1.86. The zero-order valence-electron chi connectivity index (χ0n) is 5.71. The summed E-state index contributed by atoms with van der Waals surface area (Å²) >= 11 is 0. The molecule has 1 aromatic rings. The molecule has 1 rings (SSSR count). The van der Waals surface area contributed by atoms with E-state index in [2.05, 4.69) is 0 Å². The molecule has 0 aromatic heterocycles. The fraction of sp³-hybridized carbons (Fsp3) is 0.125. The molecule has 0 aliphatic rings. The molecule has 0 fully saturated rings. The lowest BCUT2D eigenvalue weighted by atomic mass is 10.1. The van der Waals surface area contributed by atoms with Crippen molar-refractivity contribution in [3.05, 3.63) is 29.6 Å². The van der Waals surface area contributed by atoms with Crippen LogP contribution in [0.1, 0.15) is 5.56 Å². The third-order valence-corrected chi connectivity index (χ3v) is 1.30. The Hall–Kier alpha value is -1.56. The smallest absolute Gasteiger partial charge is 0.127 e. The van der Waals surface area contributed by atoms with Gasteiger partial charge in [-0.2, -0.15) is 5.26 Å². The highest BCUT2D eigenvalue weighted by molar-refractivity contribution is 5.30. The Kier molecular flexibility index (Phi) is 2.07. The van der Waals surface area contributed by atoms with E-state index >= 15 is 0 Å². The highest BCUT2D eigenvalue weighted by Gasteiger charge is 2.01. The molecule has 0 amide bonds. The van der Waals surface area contributed by atoms with Crippen LogP contribution in [0.5, 0.6) is 5.75 Å². The topological polar surface area (TPSA) is 44.0 Å². The molecule has 56 valence electrons. The van der Waals surface area contributed by atoms with Gasteiger partial charge in [0, 0.05) is 5.56 Å². The minimum absolute atomic E-state index is 0.0137. The van der Waals surface area contributed by atoms with Crippen LogP contribution in [-0.2, 0) is 6.42 Å². The van der Waals surface area contributed by atoms with Crippen LogP contribution in [0.15, 0.2) is 18.2 Å². The second-order valence-corrected chi connectivity index (χ2v) is 2.11. The van der Waals surface area contributed by atoms with Crippen LogP contribution < -0.4 is 0 Å². The predicted octanol–water partition coefficient (Wildman–Crippen LogP) is 1.60. The Labute approximate surface area is 63.5 Å². The van der Waals surface area contributed by atoms with Crippen molar-refractivity contribution in [2.24, 2.45) is 0 Å². The Morgan fingerprint density at radius 3 is 2.91 bits per heavy atom. The summed E-state index contributed by atoms with van der Waals surface area (Å²) in [5, 5.41) is 17.1. The molecule has 0 saturated carbocycles. The second-order valence-electron chi connectivity index (χ2n) is 2.11. The van der Waals surface area contributed by atoms with Crippen molar-refractivity contribution in [2.75, 3.05) is 0 Å². The number of hydrogen-bond acceptors (Lipinski definition) is 2. The molecule has 2 nitrogen and oxygen atoms in total. The molecule has 0 spiro atoms. The average Bonchev–Trinajstić information content (AvgIpc) is 1.98. The summed E-state index contributed by atoms with van der Waals surface area (Å²) in [7, 11) is 0. The van der Waals surface area contributed by atoms with Gasteiger partial charge in [0.1, 0.15) is 11.6 Å². The Morgan fingerprint density at radius 2 is 2.27 bits per heavy atom. The monoisotopic (exact) mass is 151 g/mol. The molecule has 1 aromatic carbocycles. The van der Waals surface area contributed by atoms with E-state index in [1.807, 2.05) is 0 Å². The Balaban J connectivity index is 3.05. The summed E-state index contributed by atoms with van der Waals surface area (Å²) in [6, 6.07) is 5.44. The standard InChI is InChI=1S/C8H6FNO/c9-8-2-1-7(11)5-6(8)3-4-10/h1-2,5,11H,3H2. The minimum atomic E-state index is -0.454. The van der Waals surface area contributed by atoms with Crippen LogP contribution in [0, 0.1) is 17.1 Å². The molecule has 0 heterocycles. The first kappa shape index (κ1) is 7.55. The largest absolute Gasteiger partial charge is 0.508 e. The van der Waals surface area contributed by atoms with Gasteiger partial charge in [0.15, 0.2) is 0 Å². The highest BCUT2D eigenvalue weighted by Crippen LogP contribution is 2.15. The molecule has 0 aliphatic heterocycles. The molecule has 0 bridgehead atoms. The van der Waals surface area contributed by atoms with Crippen LogP contribution in [-0.4, -0.2) is 5.11 Å². The SMILES string of the molecule is N#CCc1cc(O)ccc1F. The highest BCUT2D eigenvalue weighted by atomic mass is 19.1. The number of phenolic OH excluding ortho intramolecular Hbond substituents is 1. The average molecular weight is 151 g/mol. The predicted molar refractivity (Wildman–Crippen MR) is 37.4 cm³/mol. The van der Waals surface area contributed by atoms with E-state index < -0.39 is 5.82 Å². The normalized spacial score (nSPS) is 9.09. The van der Waals surface area contributed by atoms with Crippen molar-refractivity contribution >= 4 is 0 Å². The van der Waals surface area contributed by atoms with Crippen LogP contribution in [0.3, 0.4) is 0 Å². The van der Waals surface area contributed by atoms with Gasteiger partial charge < -0.3 is 5.11 Å². The number of benzene rings is 1. The zero-order chi connectivity index (χ0) is 8.27. The lowest BCUT2D eigenvalue weighted by Gasteiger charge is -1.97. The van der Waals surface area contributed by atoms with E-state index in [-0.39, 0.29) is 17.7 Å². The van der Waals surface area contributed by atoms with E-state index in [0.29, 0.717) is 0 Å². The molecule has 11 heavy (non-hydrogen) atoms. The number of hydrogen-bond donors (Lipinski definition) is 1. The van der Waals surface area contributed by atoms with E-state index in [9.17, 15) is 4.39 Å². The maximum absolute atomic E-state index is 12.7. The molecule has 0 saturated heterocycles. The number of nitrogens with zero attached hydrogens (tertiary/aromatic N) is 1. The molecular formula is C8H6FNO. The number of aromatic hydroxyl groups is 1. The number of rotatable bonds is 1. The van der Waals surface area contributed by atoms with Crippen molar-refractivity contribution in [3.8, 4) is 11.8 Å².